The van der Waals surface area contributed by atoms with Crippen molar-refractivity contribution in [1.29, 1.82) is 0 Å². The van der Waals surface area contributed by atoms with Crippen LogP contribution in [0.25, 0.3) is 0 Å². The molecule has 8 nitrogen and oxygen atoms in total. The predicted molar refractivity (Wildman–Crippen MR) is 124 cm³/mol. The van der Waals surface area contributed by atoms with Crippen LogP contribution in [0.2, 0.25) is 0 Å². The molecule has 182 valence electrons. The molecular weight excluding hydrogens is 422 g/mol. The summed E-state index contributed by atoms with van der Waals surface area (Å²) in [5.74, 6) is 1.40. The van der Waals surface area contributed by atoms with Crippen LogP contribution in [0, 0.1) is 5.92 Å². The van der Waals surface area contributed by atoms with Gasteiger partial charge in [-0.15, -0.1) is 0 Å². The normalized spacial score (nSPS) is 26.3. The lowest BCUT2D eigenvalue weighted by Gasteiger charge is -2.32. The number of fused-ring (bicyclic) bond motifs is 1. The fraction of sp³-hybridized carbons (Fsp3) is 0.720. The van der Waals surface area contributed by atoms with Crippen LogP contribution in [-0.4, -0.2) is 92.0 Å². The quantitative estimate of drug-likeness (QED) is 0.640. The fourth-order valence-corrected chi connectivity index (χ4v) is 5.63. The van der Waals surface area contributed by atoms with Gasteiger partial charge in [0.15, 0.2) is 11.5 Å². The van der Waals surface area contributed by atoms with Gasteiger partial charge in [0, 0.05) is 32.3 Å². The molecule has 8 heteroatoms. The smallest absolute Gasteiger partial charge is 0.224 e. The summed E-state index contributed by atoms with van der Waals surface area (Å²) in [4.78, 5) is 18.1. The van der Waals surface area contributed by atoms with Crippen LogP contribution in [0.3, 0.4) is 0 Å². The number of carbonyl (C=O) groups is 1. The molecule has 3 atom stereocenters. The van der Waals surface area contributed by atoms with E-state index < -0.39 is 6.10 Å². The molecule has 4 aliphatic heterocycles. The minimum atomic E-state index is -0.807. The first-order valence-electron chi connectivity index (χ1n) is 12.6. The Morgan fingerprint density at radius 2 is 1.79 bits per heavy atom. The number of nitrogens with zero attached hydrogens (tertiary/aromatic N) is 2. The van der Waals surface area contributed by atoms with Gasteiger partial charge in [-0.2, -0.15) is 0 Å². The van der Waals surface area contributed by atoms with E-state index in [0.717, 1.165) is 64.2 Å². The third kappa shape index (κ3) is 5.45. The van der Waals surface area contributed by atoms with Crippen LogP contribution in [-0.2, 0) is 9.53 Å². The van der Waals surface area contributed by atoms with Gasteiger partial charge in [0.2, 0.25) is 5.91 Å². The second kappa shape index (κ2) is 10.6. The predicted octanol–water partition coefficient (Wildman–Crippen LogP) is 1.57. The fourth-order valence-electron chi connectivity index (χ4n) is 5.63. The Bertz CT molecular complexity index is 809. The first-order chi connectivity index (χ1) is 16.2. The summed E-state index contributed by atoms with van der Waals surface area (Å²) < 4.78 is 16.8. The zero-order chi connectivity index (χ0) is 22.6. The Balaban J connectivity index is 1.25. The minimum absolute atomic E-state index is 0.0265. The van der Waals surface area contributed by atoms with Crippen molar-refractivity contribution in [3.05, 3.63) is 23.8 Å². The zero-order valence-corrected chi connectivity index (χ0v) is 19.4. The van der Waals surface area contributed by atoms with Gasteiger partial charge >= 0.3 is 0 Å². The minimum Gasteiger partial charge on any atom is -0.486 e. The van der Waals surface area contributed by atoms with E-state index in [1.165, 1.54) is 12.8 Å². The van der Waals surface area contributed by atoms with Gasteiger partial charge < -0.3 is 29.5 Å². The van der Waals surface area contributed by atoms with Crippen molar-refractivity contribution in [3.63, 3.8) is 0 Å². The molecule has 0 radical (unpaired) electrons. The number of likely N-dealkylation sites (tertiary alicyclic amines) is 2. The van der Waals surface area contributed by atoms with Crippen LogP contribution >= 0.6 is 0 Å². The molecule has 0 spiro atoms. The molecule has 0 unspecified atom stereocenters. The maximum Gasteiger partial charge on any atom is 0.224 e. The number of ether oxygens (including phenoxy) is 3. The highest BCUT2D eigenvalue weighted by Crippen LogP contribution is 2.34. The summed E-state index contributed by atoms with van der Waals surface area (Å²) >= 11 is 0. The maximum atomic E-state index is 13.3. The van der Waals surface area contributed by atoms with Crippen molar-refractivity contribution in [2.75, 3.05) is 59.2 Å². The number of hydrogen-bond acceptors (Lipinski definition) is 7. The number of hydrogen-bond donors (Lipinski definition) is 2. The third-order valence-electron chi connectivity index (χ3n) is 7.57. The summed E-state index contributed by atoms with van der Waals surface area (Å²) in [7, 11) is 0. The van der Waals surface area contributed by atoms with Gasteiger partial charge in [-0.05, 0) is 69.4 Å². The van der Waals surface area contributed by atoms with Crippen molar-refractivity contribution in [2.45, 2.75) is 50.3 Å². The maximum absolute atomic E-state index is 13.3. The number of aliphatic hydroxyl groups excluding tert-OH is 1. The zero-order valence-electron chi connectivity index (χ0n) is 19.4. The molecule has 3 fully saturated rings. The average molecular weight is 460 g/mol. The largest absolute Gasteiger partial charge is 0.486 e. The van der Waals surface area contributed by atoms with Crippen molar-refractivity contribution in [2.24, 2.45) is 5.92 Å². The standard InChI is InChI=1S/C25H37N3O5/c29-24(18-3-4-22-23(15-18)33-14-13-32-22)21(17-27-8-1-2-9-27)26-25(30)19-5-10-28(16-19)20-6-11-31-12-7-20/h3-4,15,19-21,24,29H,1-2,5-14,16-17H2,(H,26,30)/t19-,21+,24+/m0/s1. The van der Waals surface area contributed by atoms with Crippen LogP contribution < -0.4 is 14.8 Å². The van der Waals surface area contributed by atoms with E-state index in [1.807, 2.05) is 18.2 Å². The van der Waals surface area contributed by atoms with E-state index in [2.05, 4.69) is 15.1 Å². The molecular formula is C25H37N3O5. The molecule has 0 bridgehead atoms. The Hall–Kier alpha value is -1.87. The van der Waals surface area contributed by atoms with E-state index in [9.17, 15) is 9.90 Å². The third-order valence-corrected chi connectivity index (χ3v) is 7.57. The molecule has 33 heavy (non-hydrogen) atoms. The number of rotatable bonds is 7. The SMILES string of the molecule is O=C(N[C@H](CN1CCCC1)[C@H](O)c1ccc2c(c1)OCCO2)[C@H]1CCN(C2CCOCC2)C1. The van der Waals surface area contributed by atoms with Gasteiger partial charge in [0.05, 0.1) is 12.0 Å². The lowest BCUT2D eigenvalue weighted by atomic mass is 9.99. The van der Waals surface area contributed by atoms with Gasteiger partial charge in [0.25, 0.3) is 0 Å². The van der Waals surface area contributed by atoms with Gasteiger partial charge in [-0.1, -0.05) is 6.07 Å². The molecule has 3 saturated heterocycles. The summed E-state index contributed by atoms with van der Waals surface area (Å²) in [5.41, 5.74) is 0.749. The molecule has 0 aromatic heterocycles. The lowest BCUT2D eigenvalue weighted by molar-refractivity contribution is -0.126. The molecule has 4 heterocycles. The highest BCUT2D eigenvalue weighted by atomic mass is 16.6. The van der Waals surface area contributed by atoms with E-state index in [4.69, 9.17) is 14.2 Å². The van der Waals surface area contributed by atoms with E-state index in [-0.39, 0.29) is 17.9 Å². The second-order valence-electron chi connectivity index (χ2n) is 9.79. The van der Waals surface area contributed by atoms with E-state index in [0.29, 0.717) is 37.3 Å². The highest BCUT2D eigenvalue weighted by Gasteiger charge is 2.35. The average Bonchev–Trinajstić information content (AvgIpc) is 3.56. The molecule has 2 N–H and O–H groups in total. The summed E-state index contributed by atoms with van der Waals surface area (Å²) in [6.45, 7) is 7.12. The number of aliphatic hydroxyl groups is 1. The van der Waals surface area contributed by atoms with Gasteiger partial charge in [-0.3, -0.25) is 9.69 Å². The Labute approximate surface area is 196 Å². The van der Waals surface area contributed by atoms with Crippen LogP contribution in [0.15, 0.2) is 18.2 Å². The summed E-state index contributed by atoms with van der Waals surface area (Å²) in [6, 6.07) is 5.74. The molecule has 1 amide bonds. The number of amides is 1. The van der Waals surface area contributed by atoms with Crippen LogP contribution in [0.5, 0.6) is 11.5 Å². The van der Waals surface area contributed by atoms with Crippen molar-refractivity contribution >= 4 is 5.91 Å². The van der Waals surface area contributed by atoms with Crippen molar-refractivity contribution in [1.82, 2.24) is 15.1 Å². The first-order valence-corrected chi connectivity index (χ1v) is 12.6. The number of carbonyl (C=O) groups excluding carboxylic acids is 1. The highest BCUT2D eigenvalue weighted by molar-refractivity contribution is 5.79. The Morgan fingerprint density at radius 1 is 1.03 bits per heavy atom. The number of nitrogens with one attached hydrogen (secondary N) is 1. The topological polar surface area (TPSA) is 83.5 Å². The number of benzene rings is 1. The molecule has 1 aromatic carbocycles. The van der Waals surface area contributed by atoms with Crippen LogP contribution in [0.4, 0.5) is 0 Å². The molecule has 5 rings (SSSR count). The Morgan fingerprint density at radius 3 is 2.58 bits per heavy atom. The van der Waals surface area contributed by atoms with Crippen LogP contribution in [0.1, 0.15) is 43.8 Å². The second-order valence-corrected chi connectivity index (χ2v) is 9.79. The lowest BCUT2D eigenvalue weighted by Crippen LogP contribution is -2.49. The molecule has 1 aromatic rings. The van der Waals surface area contributed by atoms with E-state index >= 15 is 0 Å². The Kier molecular flexibility index (Phi) is 7.35. The van der Waals surface area contributed by atoms with Gasteiger partial charge in [0.1, 0.15) is 19.3 Å². The summed E-state index contributed by atoms with van der Waals surface area (Å²) in [5, 5.41) is 14.6. The van der Waals surface area contributed by atoms with Crippen molar-refractivity contribution < 1.29 is 24.1 Å². The van der Waals surface area contributed by atoms with Gasteiger partial charge in [-0.25, -0.2) is 0 Å². The van der Waals surface area contributed by atoms with Crippen molar-refractivity contribution in [3.8, 4) is 11.5 Å². The van der Waals surface area contributed by atoms with E-state index in [1.54, 1.807) is 0 Å². The molecule has 0 aliphatic carbocycles. The molecule has 4 aliphatic rings. The first kappa shape index (κ1) is 22.9. The molecule has 0 saturated carbocycles. The monoisotopic (exact) mass is 459 g/mol. The summed E-state index contributed by atoms with van der Waals surface area (Å²) in [6.07, 6.45) is 4.51.